The Morgan fingerprint density at radius 2 is 2.03 bits per heavy atom. The Balaban J connectivity index is 1.22. The van der Waals surface area contributed by atoms with Crippen LogP contribution in [0, 0.1) is 23.2 Å². The summed E-state index contributed by atoms with van der Waals surface area (Å²) in [6.45, 7) is 1.41. The number of nitriles is 1. The summed E-state index contributed by atoms with van der Waals surface area (Å²) in [6, 6.07) is 5.90. The van der Waals surface area contributed by atoms with Gasteiger partial charge in [0.2, 0.25) is 5.91 Å². The first kappa shape index (κ1) is 19.6. The number of hydroxylamine groups is 2. The molecule has 1 saturated carbocycles. The van der Waals surface area contributed by atoms with Gasteiger partial charge in [-0.2, -0.15) is 5.26 Å². The molecule has 1 saturated heterocycles. The zero-order valence-corrected chi connectivity index (χ0v) is 17.2. The average Bonchev–Trinajstić information content (AvgIpc) is 3.47. The van der Waals surface area contributed by atoms with Crippen molar-refractivity contribution in [3.05, 3.63) is 54.4 Å². The van der Waals surface area contributed by atoms with E-state index in [-0.39, 0.29) is 17.9 Å². The van der Waals surface area contributed by atoms with Gasteiger partial charge in [-0.3, -0.25) is 24.6 Å². The van der Waals surface area contributed by atoms with Gasteiger partial charge in [-0.15, -0.1) is 0 Å². The molecular weight excluding hydrogens is 392 g/mol. The number of amides is 1. The van der Waals surface area contributed by atoms with Crippen molar-refractivity contribution in [2.24, 2.45) is 11.8 Å². The topological polar surface area (TPSA) is 96.9 Å². The quantitative estimate of drug-likeness (QED) is 0.647. The number of carbonyl (C=O) groups excluding carboxylic acids is 1. The minimum Gasteiger partial charge on any atom is -0.346 e. The van der Waals surface area contributed by atoms with E-state index in [9.17, 15) is 4.79 Å². The molecule has 2 aliphatic rings. The summed E-state index contributed by atoms with van der Waals surface area (Å²) >= 11 is 0. The molecule has 3 aromatic heterocycles. The first-order chi connectivity index (χ1) is 15.2. The maximum absolute atomic E-state index is 13.2. The van der Waals surface area contributed by atoms with Crippen LogP contribution in [0.1, 0.15) is 49.4 Å². The van der Waals surface area contributed by atoms with Crippen LogP contribution < -0.4 is 0 Å². The van der Waals surface area contributed by atoms with E-state index in [0.29, 0.717) is 18.1 Å². The third-order valence-electron chi connectivity index (χ3n) is 6.45. The largest absolute Gasteiger partial charge is 0.346 e. The van der Waals surface area contributed by atoms with E-state index in [1.807, 2.05) is 18.3 Å². The summed E-state index contributed by atoms with van der Waals surface area (Å²) in [6.07, 6.45) is 13.1. The first-order valence-electron chi connectivity index (χ1n) is 10.8. The van der Waals surface area contributed by atoms with Gasteiger partial charge >= 0.3 is 0 Å². The minimum atomic E-state index is -0.146. The molecule has 158 valence electrons. The third-order valence-corrected chi connectivity index (χ3v) is 6.45. The molecule has 8 nitrogen and oxygen atoms in total. The Bertz CT molecular complexity index is 1110. The molecule has 1 aliphatic heterocycles. The van der Waals surface area contributed by atoms with Crippen molar-refractivity contribution in [3.63, 3.8) is 0 Å². The van der Waals surface area contributed by atoms with Gasteiger partial charge in [0.05, 0.1) is 35.1 Å². The summed E-state index contributed by atoms with van der Waals surface area (Å²) in [5, 5.41) is 10.7. The molecular formula is C23H24N6O2. The van der Waals surface area contributed by atoms with E-state index in [4.69, 9.17) is 10.1 Å². The minimum absolute atomic E-state index is 0.0122. The number of nitrogens with zero attached hydrogens (tertiary/aromatic N) is 6. The van der Waals surface area contributed by atoms with Crippen LogP contribution >= 0.6 is 0 Å². The molecule has 2 fully saturated rings. The highest BCUT2D eigenvalue weighted by Crippen LogP contribution is 2.36. The van der Waals surface area contributed by atoms with Crippen LogP contribution in [-0.2, 0) is 16.2 Å². The summed E-state index contributed by atoms with van der Waals surface area (Å²) in [4.78, 5) is 31.7. The molecule has 0 radical (unpaired) electrons. The normalized spacial score (nSPS) is 23.7. The van der Waals surface area contributed by atoms with Crippen molar-refractivity contribution < 1.29 is 9.63 Å². The number of aromatic nitrogens is 4. The Kier molecular flexibility index (Phi) is 5.35. The van der Waals surface area contributed by atoms with Crippen LogP contribution in [0.2, 0.25) is 0 Å². The maximum Gasteiger partial charge on any atom is 0.249 e. The molecule has 1 aliphatic carbocycles. The number of fused-ring (bicyclic) bond motifs is 1. The molecule has 0 unspecified atom stereocenters. The predicted molar refractivity (Wildman–Crippen MR) is 112 cm³/mol. The van der Waals surface area contributed by atoms with Crippen LogP contribution in [0.25, 0.3) is 11.0 Å². The zero-order chi connectivity index (χ0) is 21.2. The molecule has 0 N–H and O–H groups in total. The van der Waals surface area contributed by atoms with Crippen LogP contribution in [-0.4, -0.2) is 37.1 Å². The summed E-state index contributed by atoms with van der Waals surface area (Å²) in [7, 11) is 0. The maximum atomic E-state index is 13.2. The van der Waals surface area contributed by atoms with E-state index in [0.717, 1.165) is 55.4 Å². The summed E-state index contributed by atoms with van der Waals surface area (Å²) < 4.78 is 2.18. The van der Waals surface area contributed by atoms with Gasteiger partial charge in [-0.1, -0.05) is 0 Å². The van der Waals surface area contributed by atoms with E-state index in [1.165, 1.54) is 0 Å². The number of hydrogen-bond donors (Lipinski definition) is 0. The second-order valence-corrected chi connectivity index (χ2v) is 8.36. The molecule has 8 heteroatoms. The highest BCUT2D eigenvalue weighted by atomic mass is 16.7. The lowest BCUT2D eigenvalue weighted by atomic mass is 9.81. The van der Waals surface area contributed by atoms with E-state index >= 15 is 0 Å². The van der Waals surface area contributed by atoms with Gasteiger partial charge in [-0.05, 0) is 43.7 Å². The van der Waals surface area contributed by atoms with Crippen molar-refractivity contribution >= 4 is 16.9 Å². The molecule has 31 heavy (non-hydrogen) atoms. The molecule has 3 aromatic rings. The fourth-order valence-electron chi connectivity index (χ4n) is 4.77. The molecule has 5 rings (SSSR count). The lowest BCUT2D eigenvalue weighted by Crippen LogP contribution is -2.37. The van der Waals surface area contributed by atoms with Crippen LogP contribution in [0.3, 0.4) is 0 Å². The molecule has 0 aromatic carbocycles. The van der Waals surface area contributed by atoms with Crippen molar-refractivity contribution in [1.29, 1.82) is 5.26 Å². The second kappa shape index (κ2) is 8.44. The van der Waals surface area contributed by atoms with Crippen molar-refractivity contribution in [2.75, 3.05) is 6.61 Å². The van der Waals surface area contributed by atoms with E-state index in [1.54, 1.807) is 29.9 Å². The lowest BCUT2D eigenvalue weighted by molar-refractivity contribution is -0.183. The predicted octanol–water partition coefficient (Wildman–Crippen LogP) is 3.41. The van der Waals surface area contributed by atoms with Crippen LogP contribution in [0.15, 0.2) is 43.1 Å². The van der Waals surface area contributed by atoms with E-state index < -0.39 is 0 Å². The van der Waals surface area contributed by atoms with Crippen LogP contribution in [0.4, 0.5) is 0 Å². The van der Waals surface area contributed by atoms with Gasteiger partial charge in [0.15, 0.2) is 0 Å². The Morgan fingerprint density at radius 1 is 1.16 bits per heavy atom. The van der Waals surface area contributed by atoms with Crippen LogP contribution in [0.5, 0.6) is 0 Å². The van der Waals surface area contributed by atoms with Gasteiger partial charge in [0.25, 0.3) is 0 Å². The Labute approximate surface area is 180 Å². The van der Waals surface area contributed by atoms with Gasteiger partial charge < -0.3 is 4.57 Å². The molecule has 4 heterocycles. The third kappa shape index (κ3) is 3.89. The smallest absolute Gasteiger partial charge is 0.249 e. The van der Waals surface area contributed by atoms with Gasteiger partial charge in [-0.25, -0.2) is 5.06 Å². The lowest BCUT2D eigenvalue weighted by Gasteiger charge is -2.32. The summed E-state index contributed by atoms with van der Waals surface area (Å²) in [5.41, 5.74) is 3.26. The standard InChI is InChI=1S/C23H24N6O2/c24-12-17-11-22-19(27-13-17)5-9-28(22)15-16-1-3-18(4-2-16)23(30)29-21(6-10-31-29)20-14-25-7-8-26-20/h5,7-9,11,13-14,16,18,21H,1-4,6,10,15H2/t16?,18?,21-/m0/s1. The Morgan fingerprint density at radius 3 is 2.81 bits per heavy atom. The van der Waals surface area contributed by atoms with Crippen molar-refractivity contribution in [1.82, 2.24) is 24.6 Å². The molecule has 1 atom stereocenters. The fourth-order valence-corrected chi connectivity index (χ4v) is 4.77. The van der Waals surface area contributed by atoms with Gasteiger partial charge in [0.1, 0.15) is 12.1 Å². The zero-order valence-electron chi connectivity index (χ0n) is 17.2. The molecule has 0 spiro atoms. The number of pyridine rings is 1. The van der Waals surface area contributed by atoms with Crippen molar-refractivity contribution in [2.45, 2.75) is 44.7 Å². The number of hydrogen-bond acceptors (Lipinski definition) is 6. The first-order valence-corrected chi connectivity index (χ1v) is 10.8. The second-order valence-electron chi connectivity index (χ2n) is 8.36. The van der Waals surface area contributed by atoms with E-state index in [2.05, 4.69) is 25.6 Å². The summed E-state index contributed by atoms with van der Waals surface area (Å²) in [5.74, 6) is 0.559. The number of carbonyl (C=O) groups is 1. The monoisotopic (exact) mass is 416 g/mol. The highest BCUT2D eigenvalue weighted by Gasteiger charge is 2.38. The van der Waals surface area contributed by atoms with Crippen molar-refractivity contribution in [3.8, 4) is 6.07 Å². The molecule has 0 bridgehead atoms. The average molecular weight is 416 g/mol. The van der Waals surface area contributed by atoms with Gasteiger partial charge in [0, 0.05) is 43.7 Å². The Hall–Kier alpha value is -3.31. The molecule has 1 amide bonds. The fraction of sp³-hybridized carbons (Fsp3) is 0.435. The highest BCUT2D eigenvalue weighted by molar-refractivity contribution is 5.78. The number of rotatable bonds is 4. The SMILES string of the molecule is N#Cc1cnc2ccn(CC3CCC(C(=O)N4OCC[C@H]4c4cnccn4)CC3)c2c1.